The van der Waals surface area contributed by atoms with Crippen LogP contribution in [0.1, 0.15) is 450 Å². The second-order valence-electron chi connectivity index (χ2n) is 32.6. The molecule has 0 bridgehead atoms. The number of nitrogens with zero attached hydrogens (tertiary/aromatic N) is 1. The highest BCUT2D eigenvalue weighted by atomic mass is 16.7. The predicted molar refractivity (Wildman–Crippen MR) is 463 cm³/mol. The van der Waals surface area contributed by atoms with Crippen molar-refractivity contribution in [3.63, 3.8) is 0 Å². The highest BCUT2D eigenvalue weighted by Crippen LogP contribution is 2.21. The van der Waals surface area contributed by atoms with Gasteiger partial charge in [0.25, 0.3) is 0 Å². The number of aliphatic carboxylic acids is 1. The molecule has 0 saturated heterocycles. The smallest absolute Gasteiger partial charge is 0.306 e. The Hall–Kier alpha value is -3.79. The molecule has 2 unspecified atom stereocenters. The number of quaternary nitrogens is 1. The zero-order valence-electron chi connectivity index (χ0n) is 71.5. The van der Waals surface area contributed by atoms with Gasteiger partial charge < -0.3 is 33.3 Å². The molecule has 0 aromatic rings. The van der Waals surface area contributed by atoms with Crippen LogP contribution in [0.25, 0.3) is 0 Å². The monoisotopic (exact) mass is 1500 g/mol. The van der Waals surface area contributed by atoms with Gasteiger partial charge >= 0.3 is 11.9 Å². The van der Waals surface area contributed by atoms with Gasteiger partial charge in [0.05, 0.1) is 40.3 Å². The molecule has 9 heteroatoms. The molecule has 9 nitrogen and oxygen atoms in total. The Bertz CT molecular complexity index is 2100. The summed E-state index contributed by atoms with van der Waals surface area (Å²) >= 11 is 0. The average molecular weight is 1500 g/mol. The second kappa shape index (κ2) is 87.8. The van der Waals surface area contributed by atoms with E-state index in [-0.39, 0.29) is 32.2 Å². The third-order valence-corrected chi connectivity index (χ3v) is 20.8. The van der Waals surface area contributed by atoms with Gasteiger partial charge in [-0.05, 0) is 96.3 Å². The Morgan fingerprint density at radius 3 is 0.794 bits per heavy atom. The van der Waals surface area contributed by atoms with Crippen LogP contribution in [0.15, 0.2) is 97.2 Å². The number of carbonyl (C=O) groups is 3. The first-order valence-corrected chi connectivity index (χ1v) is 46.4. The Morgan fingerprint density at radius 2 is 0.533 bits per heavy atom. The number of hydrogen-bond acceptors (Lipinski definition) is 8. The third kappa shape index (κ3) is 89.3. The number of allylic oxidation sites excluding steroid dienone is 16. The minimum absolute atomic E-state index is 0.149. The lowest BCUT2D eigenvalue weighted by molar-refractivity contribution is -0.870. The SMILES string of the molecule is CC/C=C\C/C=C\C/C=C\C/C=C\C/C=C\C/C=C\CCCCCCCCCCCCCCCCCCCCCCCCC(=O)OC(COC(=O)CCCCCCCCCCCCCCCCCCCCCCCCCCCCCCC/C=C\C/C=C\CCCCCCC)COC(OCC[N+](C)(C)C)C(=O)[O-]. The van der Waals surface area contributed by atoms with Crippen LogP contribution in [0.2, 0.25) is 0 Å². The fraction of sp³-hybridized carbons (Fsp3) is 0.806. The largest absolute Gasteiger partial charge is 0.545 e. The van der Waals surface area contributed by atoms with Crippen molar-refractivity contribution in [1.29, 1.82) is 0 Å². The summed E-state index contributed by atoms with van der Waals surface area (Å²) in [6.45, 7) is 4.69. The normalized spacial score (nSPS) is 13.0. The number of likely N-dealkylation sites (N-methyl/N-ethyl adjacent to an activating group) is 1. The first-order valence-electron chi connectivity index (χ1n) is 46.4. The lowest BCUT2D eigenvalue weighted by atomic mass is 10.0. The van der Waals surface area contributed by atoms with Crippen molar-refractivity contribution in [3.05, 3.63) is 97.2 Å². The number of unbranched alkanes of at least 4 members (excludes halogenated alkanes) is 56. The first kappa shape index (κ1) is 103. The zero-order valence-corrected chi connectivity index (χ0v) is 71.5. The van der Waals surface area contributed by atoms with Gasteiger partial charge in [0.1, 0.15) is 13.2 Å². The van der Waals surface area contributed by atoms with Gasteiger partial charge in [-0.1, -0.05) is 439 Å². The van der Waals surface area contributed by atoms with Crippen LogP contribution < -0.4 is 5.11 Å². The summed E-state index contributed by atoms with van der Waals surface area (Å²) < 4.78 is 22.9. The molecule has 0 saturated carbocycles. The molecule has 0 aliphatic rings. The van der Waals surface area contributed by atoms with E-state index < -0.39 is 24.3 Å². The topological polar surface area (TPSA) is 111 Å². The van der Waals surface area contributed by atoms with E-state index in [1.54, 1.807) is 0 Å². The number of ether oxygens (including phenoxy) is 4. The summed E-state index contributed by atoms with van der Waals surface area (Å²) in [6.07, 6.45) is 120. The van der Waals surface area contributed by atoms with Crippen LogP contribution in [0.5, 0.6) is 0 Å². The van der Waals surface area contributed by atoms with E-state index >= 15 is 0 Å². The Balaban J connectivity index is 3.89. The van der Waals surface area contributed by atoms with Gasteiger partial charge in [0, 0.05) is 12.8 Å². The van der Waals surface area contributed by atoms with Gasteiger partial charge in [-0.25, -0.2) is 0 Å². The van der Waals surface area contributed by atoms with E-state index in [4.69, 9.17) is 18.9 Å². The van der Waals surface area contributed by atoms with Crippen molar-refractivity contribution in [3.8, 4) is 0 Å². The summed E-state index contributed by atoms with van der Waals surface area (Å²) in [6, 6.07) is 0. The van der Waals surface area contributed by atoms with E-state index in [1.165, 1.54) is 340 Å². The van der Waals surface area contributed by atoms with Crippen molar-refractivity contribution in [2.45, 2.75) is 463 Å². The molecule has 0 fully saturated rings. The summed E-state index contributed by atoms with van der Waals surface area (Å²) in [5, 5.41) is 11.9. The van der Waals surface area contributed by atoms with Gasteiger partial charge in [0.2, 0.25) is 0 Å². The fourth-order valence-electron chi connectivity index (χ4n) is 13.8. The molecule has 622 valence electrons. The molecule has 0 aromatic carbocycles. The number of carbonyl (C=O) groups excluding carboxylic acids is 3. The Kier molecular flexibility index (Phi) is 84.7. The lowest BCUT2D eigenvalue weighted by Crippen LogP contribution is -2.44. The molecule has 0 radical (unpaired) electrons. The molecule has 0 aromatic heterocycles. The van der Waals surface area contributed by atoms with Crippen LogP contribution in [0.3, 0.4) is 0 Å². The fourth-order valence-corrected chi connectivity index (χ4v) is 13.8. The van der Waals surface area contributed by atoms with Gasteiger partial charge in [0.15, 0.2) is 12.4 Å². The van der Waals surface area contributed by atoms with E-state index in [9.17, 15) is 19.5 Å². The maximum absolute atomic E-state index is 13.0. The summed E-state index contributed by atoms with van der Waals surface area (Å²) in [5.41, 5.74) is 0. The molecule has 0 amide bonds. The molecule has 0 aliphatic heterocycles. The van der Waals surface area contributed by atoms with Gasteiger partial charge in [-0.2, -0.15) is 0 Å². The van der Waals surface area contributed by atoms with Crippen molar-refractivity contribution >= 4 is 17.9 Å². The van der Waals surface area contributed by atoms with Crippen LogP contribution in [0, 0.1) is 0 Å². The summed E-state index contributed by atoms with van der Waals surface area (Å²) in [7, 11) is 5.96. The van der Waals surface area contributed by atoms with Crippen LogP contribution in [-0.4, -0.2) is 82.3 Å². The quantitative estimate of drug-likeness (QED) is 0.0195. The molecular weight excluding hydrogens is 1320 g/mol. The van der Waals surface area contributed by atoms with E-state index in [2.05, 4.69) is 111 Å². The molecule has 0 rings (SSSR count). The molecule has 0 heterocycles. The zero-order chi connectivity index (χ0) is 77.4. The maximum atomic E-state index is 13.0. The minimum atomic E-state index is -1.62. The van der Waals surface area contributed by atoms with Crippen molar-refractivity contribution in [2.24, 2.45) is 0 Å². The minimum Gasteiger partial charge on any atom is -0.545 e. The second-order valence-corrected chi connectivity index (χ2v) is 32.6. The maximum Gasteiger partial charge on any atom is 0.306 e. The average Bonchev–Trinajstić information content (AvgIpc) is 0.965. The molecule has 2 atom stereocenters. The highest BCUT2D eigenvalue weighted by Gasteiger charge is 2.22. The molecular formula is C98H177NO8. The van der Waals surface area contributed by atoms with Crippen molar-refractivity contribution < 1.29 is 42.9 Å². The summed E-state index contributed by atoms with van der Waals surface area (Å²) in [5.74, 6) is -2.25. The van der Waals surface area contributed by atoms with Crippen LogP contribution in [-0.2, 0) is 33.3 Å². The Labute approximate surface area is 664 Å². The van der Waals surface area contributed by atoms with E-state index in [0.717, 1.165) is 77.0 Å². The number of hydrogen-bond donors (Lipinski definition) is 0. The van der Waals surface area contributed by atoms with Gasteiger partial charge in [-0.3, -0.25) is 9.59 Å². The number of carboxylic acid groups (broad SMARTS) is 1. The number of carboxylic acids is 1. The van der Waals surface area contributed by atoms with Crippen LogP contribution >= 0.6 is 0 Å². The number of rotatable bonds is 87. The van der Waals surface area contributed by atoms with Crippen molar-refractivity contribution in [1.82, 2.24) is 0 Å². The standard InChI is InChI=1S/C98H177NO8/c1-6-8-10-12-14-16-18-20-22-24-26-28-30-32-34-36-38-40-42-44-46-48-50-52-54-56-58-60-62-64-66-68-70-72-74-76-78-80-82-84-86-88-95(100)105-92-94(93-106-98(97(102)103)104-91-90-99(3,4)5)107-96(101)89-87-85-83-81-79-77-75-73-71-69-67-65-63-61-59-57-55-53-51-49-47-45-43-41-39-37-35-33-31-29-27-25-23-21-19-17-15-13-11-9-7-2/h9,11,15,17-18,20-21,23-24,26-27,29,33,35,39,41,94,98H,6-8,10,12-14,16,19,22,25,28,30-32,34,36-38,40,42-93H2,1-5H3/b11-9-,17-15-,20-18-,23-21-,26-24-,29-27-,35-33-,41-39-. The third-order valence-electron chi connectivity index (χ3n) is 20.8. The van der Waals surface area contributed by atoms with E-state index in [0.29, 0.717) is 23.9 Å². The molecule has 0 aliphatic carbocycles. The molecule has 0 spiro atoms. The Morgan fingerprint density at radius 1 is 0.290 bits per heavy atom. The lowest BCUT2D eigenvalue weighted by Gasteiger charge is -2.26. The predicted octanol–water partition coefficient (Wildman–Crippen LogP) is 29.3. The highest BCUT2D eigenvalue weighted by molar-refractivity contribution is 5.70. The first-order chi connectivity index (χ1) is 52.6. The molecule has 107 heavy (non-hydrogen) atoms. The van der Waals surface area contributed by atoms with Gasteiger partial charge in [-0.15, -0.1) is 0 Å². The van der Waals surface area contributed by atoms with E-state index in [1.807, 2.05) is 21.1 Å². The molecule has 0 N–H and O–H groups in total. The van der Waals surface area contributed by atoms with Crippen molar-refractivity contribution in [2.75, 3.05) is 47.5 Å². The summed E-state index contributed by atoms with van der Waals surface area (Å²) in [4.78, 5) is 37.7. The number of esters is 2. The van der Waals surface area contributed by atoms with Crippen LogP contribution in [0.4, 0.5) is 0 Å².